The molecule has 0 aromatic heterocycles. The monoisotopic (exact) mass is 381 g/mol. The minimum absolute atomic E-state index is 0.247. The van der Waals surface area contributed by atoms with Gasteiger partial charge in [-0.05, 0) is 43.9 Å². The number of amides is 1. The quantitative estimate of drug-likeness (QED) is 0.728. The molecule has 8 heteroatoms. The van der Waals surface area contributed by atoms with Crippen LogP contribution in [0.2, 0.25) is 0 Å². The molecule has 2 saturated heterocycles. The van der Waals surface area contributed by atoms with Crippen LogP contribution in [0.5, 0.6) is 0 Å². The van der Waals surface area contributed by atoms with E-state index in [0.29, 0.717) is 37.3 Å². The summed E-state index contributed by atoms with van der Waals surface area (Å²) in [5.74, 6) is -0.261. The van der Waals surface area contributed by atoms with E-state index in [0.717, 1.165) is 25.7 Å². The van der Waals surface area contributed by atoms with Gasteiger partial charge in [-0.15, -0.1) is 0 Å². The molecular weight excluding hydrogens is 354 g/mol. The number of β-amino-alcohol motifs (C(OH)–C–C–N with tert-alkyl or cyclic N) is 1. The number of nitrogens with one attached hydrogen (secondary N) is 2. The maximum absolute atomic E-state index is 13.1. The highest BCUT2D eigenvalue weighted by Crippen LogP contribution is 2.26. The van der Waals surface area contributed by atoms with Crippen molar-refractivity contribution in [3.8, 4) is 0 Å². The number of aryl methyl sites for hydroxylation is 1. The van der Waals surface area contributed by atoms with Gasteiger partial charge in [-0.2, -0.15) is 4.31 Å². The second-order valence-electron chi connectivity index (χ2n) is 7.14. The third-order valence-electron chi connectivity index (χ3n) is 5.06. The number of anilines is 1. The molecule has 7 nitrogen and oxygen atoms in total. The van der Waals surface area contributed by atoms with Crippen LogP contribution in [0.1, 0.15) is 37.7 Å². The van der Waals surface area contributed by atoms with Gasteiger partial charge in [0.25, 0.3) is 0 Å². The van der Waals surface area contributed by atoms with E-state index in [1.165, 1.54) is 0 Å². The van der Waals surface area contributed by atoms with Crippen LogP contribution in [0.15, 0.2) is 23.1 Å². The summed E-state index contributed by atoms with van der Waals surface area (Å²) in [6, 6.07) is 4.51. The highest BCUT2D eigenvalue weighted by atomic mass is 32.2. The molecule has 1 aromatic rings. The minimum Gasteiger partial charge on any atom is -0.392 e. The van der Waals surface area contributed by atoms with Crippen LogP contribution in [-0.2, 0) is 14.8 Å². The number of nitrogens with zero attached hydrogens (tertiary/aromatic N) is 1. The van der Waals surface area contributed by atoms with E-state index in [-0.39, 0.29) is 10.8 Å². The number of hydrogen-bond donors (Lipinski definition) is 3. The molecule has 2 aliphatic rings. The number of rotatable bonds is 4. The van der Waals surface area contributed by atoms with Crippen molar-refractivity contribution < 1.29 is 18.3 Å². The van der Waals surface area contributed by atoms with E-state index in [1.807, 2.05) is 0 Å². The van der Waals surface area contributed by atoms with Gasteiger partial charge in [0.2, 0.25) is 15.9 Å². The lowest BCUT2D eigenvalue weighted by molar-refractivity contribution is -0.117. The van der Waals surface area contributed by atoms with Gasteiger partial charge < -0.3 is 15.7 Å². The number of sulfonamides is 1. The highest BCUT2D eigenvalue weighted by molar-refractivity contribution is 7.89. The molecular formula is C18H27N3O4S. The topological polar surface area (TPSA) is 98.7 Å². The van der Waals surface area contributed by atoms with Crippen LogP contribution in [0.4, 0.5) is 5.69 Å². The van der Waals surface area contributed by atoms with Gasteiger partial charge in [-0.25, -0.2) is 8.42 Å². The van der Waals surface area contributed by atoms with E-state index in [2.05, 4.69) is 10.6 Å². The fourth-order valence-electron chi connectivity index (χ4n) is 3.52. The Morgan fingerprint density at radius 1 is 1.23 bits per heavy atom. The van der Waals surface area contributed by atoms with Gasteiger partial charge in [0.1, 0.15) is 0 Å². The van der Waals surface area contributed by atoms with E-state index in [4.69, 9.17) is 0 Å². The van der Waals surface area contributed by atoms with Crippen molar-refractivity contribution in [3.63, 3.8) is 0 Å². The molecule has 3 rings (SSSR count). The summed E-state index contributed by atoms with van der Waals surface area (Å²) in [6.07, 6.45) is 3.70. The summed E-state index contributed by atoms with van der Waals surface area (Å²) in [5.41, 5.74) is 1.12. The molecule has 0 aliphatic carbocycles. The molecule has 0 bridgehead atoms. The molecule has 2 heterocycles. The van der Waals surface area contributed by atoms with Crippen molar-refractivity contribution in [3.05, 3.63) is 23.8 Å². The van der Waals surface area contributed by atoms with Gasteiger partial charge in [0, 0.05) is 25.3 Å². The molecule has 2 atom stereocenters. The summed E-state index contributed by atoms with van der Waals surface area (Å²) in [7, 11) is -3.58. The Bertz CT molecular complexity index is 758. The summed E-state index contributed by atoms with van der Waals surface area (Å²) in [4.78, 5) is 12.6. The predicted octanol–water partition coefficient (Wildman–Crippen LogP) is 1.22. The zero-order valence-electron chi connectivity index (χ0n) is 15.1. The molecule has 2 unspecified atom stereocenters. The van der Waals surface area contributed by atoms with Crippen LogP contribution in [0.3, 0.4) is 0 Å². The van der Waals surface area contributed by atoms with Gasteiger partial charge in [0.15, 0.2) is 0 Å². The van der Waals surface area contributed by atoms with Crippen molar-refractivity contribution in [1.82, 2.24) is 9.62 Å². The van der Waals surface area contributed by atoms with Crippen LogP contribution in [-0.4, -0.2) is 55.5 Å². The number of benzene rings is 1. The number of carbonyl (C=O) groups excluding carboxylic acids is 1. The van der Waals surface area contributed by atoms with E-state index < -0.39 is 22.2 Å². The first-order valence-electron chi connectivity index (χ1n) is 9.21. The first-order valence-corrected chi connectivity index (χ1v) is 10.6. The fourth-order valence-corrected chi connectivity index (χ4v) is 5.29. The maximum Gasteiger partial charge on any atom is 0.243 e. The van der Waals surface area contributed by atoms with E-state index in [1.54, 1.807) is 29.4 Å². The first kappa shape index (κ1) is 19.3. The molecule has 1 amide bonds. The van der Waals surface area contributed by atoms with Crippen molar-refractivity contribution in [2.45, 2.75) is 56.1 Å². The number of hydrogen-bond acceptors (Lipinski definition) is 5. The van der Waals surface area contributed by atoms with Crippen LogP contribution in [0.25, 0.3) is 0 Å². The Kier molecular flexibility index (Phi) is 5.96. The summed E-state index contributed by atoms with van der Waals surface area (Å²) >= 11 is 0. The van der Waals surface area contributed by atoms with Crippen LogP contribution in [0, 0.1) is 6.92 Å². The van der Waals surface area contributed by atoms with E-state index in [9.17, 15) is 18.3 Å². The van der Waals surface area contributed by atoms with Gasteiger partial charge in [0.05, 0.1) is 17.0 Å². The van der Waals surface area contributed by atoms with Gasteiger partial charge in [-0.1, -0.05) is 18.9 Å². The molecule has 0 radical (unpaired) electrons. The van der Waals surface area contributed by atoms with Crippen molar-refractivity contribution in [2.75, 3.05) is 25.0 Å². The molecule has 144 valence electrons. The molecule has 3 N–H and O–H groups in total. The minimum atomic E-state index is -3.58. The van der Waals surface area contributed by atoms with Crippen LogP contribution >= 0.6 is 0 Å². The molecule has 2 fully saturated rings. The average molecular weight is 381 g/mol. The van der Waals surface area contributed by atoms with Crippen molar-refractivity contribution >= 4 is 21.6 Å². The van der Waals surface area contributed by atoms with Crippen LogP contribution < -0.4 is 10.6 Å². The zero-order valence-corrected chi connectivity index (χ0v) is 15.9. The Balaban J connectivity index is 1.79. The normalized spacial score (nSPS) is 25.0. The maximum atomic E-state index is 13.1. The third-order valence-corrected chi connectivity index (χ3v) is 7.10. The lowest BCUT2D eigenvalue weighted by Crippen LogP contribution is -2.35. The largest absolute Gasteiger partial charge is 0.392 e. The Morgan fingerprint density at radius 2 is 1.92 bits per heavy atom. The fraction of sp³-hybridized carbons (Fsp3) is 0.611. The standard InChI is InChI=1S/C18H27N3O4S/c1-13-6-7-14(20-18(23)16-11-15(22)12-19-16)10-17(13)26(24,25)21-8-4-2-3-5-9-21/h6-7,10,15-16,19,22H,2-5,8-9,11-12H2,1H3,(H,20,23). The lowest BCUT2D eigenvalue weighted by atomic mass is 10.2. The lowest BCUT2D eigenvalue weighted by Gasteiger charge is -2.21. The second kappa shape index (κ2) is 8.04. The van der Waals surface area contributed by atoms with Gasteiger partial charge in [-0.3, -0.25) is 4.79 Å². The summed E-state index contributed by atoms with van der Waals surface area (Å²) in [5, 5.41) is 15.3. The predicted molar refractivity (Wildman–Crippen MR) is 99.5 cm³/mol. The van der Waals surface area contributed by atoms with Crippen molar-refractivity contribution in [2.24, 2.45) is 0 Å². The SMILES string of the molecule is Cc1ccc(NC(=O)C2CC(O)CN2)cc1S(=O)(=O)N1CCCCCC1. The third kappa shape index (κ3) is 4.25. The molecule has 1 aromatic carbocycles. The molecule has 0 saturated carbocycles. The summed E-state index contributed by atoms with van der Waals surface area (Å²) in [6.45, 7) is 3.25. The zero-order chi connectivity index (χ0) is 18.7. The van der Waals surface area contributed by atoms with Gasteiger partial charge >= 0.3 is 0 Å². The number of aliphatic hydroxyl groups excluding tert-OH is 1. The molecule has 2 aliphatic heterocycles. The average Bonchev–Trinajstić information content (AvgIpc) is 2.86. The Labute approximate surface area is 154 Å². The Hall–Kier alpha value is -1.48. The molecule has 26 heavy (non-hydrogen) atoms. The van der Waals surface area contributed by atoms with E-state index >= 15 is 0 Å². The van der Waals surface area contributed by atoms with Crippen molar-refractivity contribution in [1.29, 1.82) is 0 Å². The number of carbonyl (C=O) groups is 1. The first-order chi connectivity index (χ1) is 12.4. The smallest absolute Gasteiger partial charge is 0.243 e. The second-order valence-corrected chi connectivity index (χ2v) is 9.04. The highest BCUT2D eigenvalue weighted by Gasteiger charge is 2.29. The number of aliphatic hydroxyl groups is 1. The summed E-state index contributed by atoms with van der Waals surface area (Å²) < 4.78 is 27.7. The Morgan fingerprint density at radius 3 is 2.54 bits per heavy atom. The molecule has 0 spiro atoms.